The lowest BCUT2D eigenvalue weighted by atomic mass is 10.0. The monoisotopic (exact) mass is 275 g/mol. The molecule has 1 aliphatic rings. The number of aryl methyl sites for hydroxylation is 1. The molecule has 20 heavy (non-hydrogen) atoms. The Hall–Kier alpha value is -1.39. The summed E-state index contributed by atoms with van der Waals surface area (Å²) in [5.74, 6) is 0.136. The van der Waals surface area contributed by atoms with E-state index in [4.69, 9.17) is 5.73 Å². The Morgan fingerprint density at radius 2 is 2.05 bits per heavy atom. The van der Waals surface area contributed by atoms with E-state index < -0.39 is 0 Å². The minimum Gasteiger partial charge on any atom is -0.353 e. The molecule has 0 saturated carbocycles. The molecule has 0 aromatic heterocycles. The molecule has 0 unspecified atom stereocenters. The lowest BCUT2D eigenvalue weighted by Crippen LogP contribution is -2.46. The summed E-state index contributed by atoms with van der Waals surface area (Å²) in [4.78, 5) is 14.5. The first-order valence-electron chi connectivity index (χ1n) is 7.45. The molecule has 4 heteroatoms. The van der Waals surface area contributed by atoms with E-state index in [1.165, 1.54) is 5.56 Å². The van der Waals surface area contributed by atoms with Crippen molar-refractivity contribution in [3.63, 3.8) is 0 Å². The second-order valence-corrected chi connectivity index (χ2v) is 5.58. The minimum absolute atomic E-state index is 0.136. The van der Waals surface area contributed by atoms with E-state index in [1.807, 2.05) is 31.2 Å². The fourth-order valence-electron chi connectivity index (χ4n) is 2.74. The van der Waals surface area contributed by atoms with Crippen LogP contribution in [0.3, 0.4) is 0 Å². The van der Waals surface area contributed by atoms with Crippen LogP contribution in [0.5, 0.6) is 0 Å². The molecule has 0 aliphatic carbocycles. The molecular weight excluding hydrogens is 250 g/mol. The Kier molecular flexibility index (Phi) is 5.56. The molecular formula is C16H25N3O. The first-order valence-corrected chi connectivity index (χ1v) is 7.45. The predicted octanol–water partition coefficient (Wildman–Crippen LogP) is 1.08. The van der Waals surface area contributed by atoms with Crippen LogP contribution in [0.4, 0.5) is 0 Å². The van der Waals surface area contributed by atoms with Crippen LogP contribution in [0.2, 0.25) is 0 Å². The molecule has 1 saturated heterocycles. The number of hydrogen-bond acceptors (Lipinski definition) is 3. The third kappa shape index (κ3) is 4.32. The molecule has 0 atom stereocenters. The van der Waals surface area contributed by atoms with Gasteiger partial charge in [0.1, 0.15) is 0 Å². The predicted molar refractivity (Wildman–Crippen MR) is 81.5 cm³/mol. The fraction of sp³-hybridized carbons (Fsp3) is 0.562. The quantitative estimate of drug-likeness (QED) is 0.845. The zero-order valence-electron chi connectivity index (χ0n) is 12.3. The van der Waals surface area contributed by atoms with Crippen LogP contribution in [-0.2, 0) is 11.2 Å². The van der Waals surface area contributed by atoms with Gasteiger partial charge in [0.25, 0.3) is 0 Å². The number of amides is 1. The summed E-state index contributed by atoms with van der Waals surface area (Å²) in [5.41, 5.74) is 7.86. The maximum Gasteiger partial charge on any atom is 0.224 e. The van der Waals surface area contributed by atoms with Crippen LogP contribution in [-0.4, -0.2) is 43.0 Å². The number of nitrogens with one attached hydrogen (secondary N) is 1. The summed E-state index contributed by atoms with van der Waals surface area (Å²) in [6.45, 7) is 5.79. The smallest absolute Gasteiger partial charge is 0.224 e. The van der Waals surface area contributed by atoms with Crippen LogP contribution in [0.25, 0.3) is 0 Å². The van der Waals surface area contributed by atoms with Crippen molar-refractivity contribution in [3.05, 3.63) is 35.4 Å². The average Bonchev–Trinajstić information content (AvgIpc) is 2.44. The number of benzene rings is 1. The molecule has 1 fully saturated rings. The standard InChI is InChI=1S/C16H25N3O/c1-13-4-2-3-5-14(13)12-16(20)18-15-6-9-19(10-7-15)11-8-17/h2-5,15H,6-12,17H2,1H3,(H,18,20). The number of piperidine rings is 1. The Balaban J connectivity index is 1.77. The van der Waals surface area contributed by atoms with Crippen molar-refractivity contribution in [2.24, 2.45) is 5.73 Å². The summed E-state index contributed by atoms with van der Waals surface area (Å²) in [6.07, 6.45) is 2.54. The Morgan fingerprint density at radius 3 is 2.70 bits per heavy atom. The van der Waals surface area contributed by atoms with Crippen molar-refractivity contribution in [3.8, 4) is 0 Å². The van der Waals surface area contributed by atoms with Gasteiger partial charge in [0, 0.05) is 32.2 Å². The molecule has 4 nitrogen and oxygen atoms in total. The number of carbonyl (C=O) groups is 1. The van der Waals surface area contributed by atoms with Crippen LogP contribution >= 0.6 is 0 Å². The number of hydrogen-bond donors (Lipinski definition) is 2. The van der Waals surface area contributed by atoms with Crippen molar-refractivity contribution in [1.82, 2.24) is 10.2 Å². The maximum absolute atomic E-state index is 12.1. The highest BCUT2D eigenvalue weighted by Crippen LogP contribution is 2.11. The van der Waals surface area contributed by atoms with E-state index in [9.17, 15) is 4.79 Å². The van der Waals surface area contributed by atoms with E-state index in [0.29, 0.717) is 19.0 Å². The topological polar surface area (TPSA) is 58.4 Å². The average molecular weight is 275 g/mol. The van der Waals surface area contributed by atoms with Crippen molar-refractivity contribution < 1.29 is 4.79 Å². The minimum atomic E-state index is 0.136. The summed E-state index contributed by atoms with van der Waals surface area (Å²) >= 11 is 0. The molecule has 2 rings (SSSR count). The Morgan fingerprint density at radius 1 is 1.35 bits per heavy atom. The second-order valence-electron chi connectivity index (χ2n) is 5.58. The largest absolute Gasteiger partial charge is 0.353 e. The van der Waals surface area contributed by atoms with Gasteiger partial charge in [-0.15, -0.1) is 0 Å². The fourth-order valence-corrected chi connectivity index (χ4v) is 2.74. The molecule has 0 bridgehead atoms. The van der Waals surface area contributed by atoms with Crippen molar-refractivity contribution in [2.75, 3.05) is 26.2 Å². The van der Waals surface area contributed by atoms with E-state index in [-0.39, 0.29) is 5.91 Å². The van der Waals surface area contributed by atoms with Gasteiger partial charge < -0.3 is 16.0 Å². The third-order valence-corrected chi connectivity index (χ3v) is 4.01. The van der Waals surface area contributed by atoms with Crippen molar-refractivity contribution in [1.29, 1.82) is 0 Å². The van der Waals surface area contributed by atoms with Gasteiger partial charge in [-0.2, -0.15) is 0 Å². The van der Waals surface area contributed by atoms with Gasteiger partial charge >= 0.3 is 0 Å². The molecule has 0 spiro atoms. The summed E-state index contributed by atoms with van der Waals surface area (Å²) in [5, 5.41) is 3.16. The lowest BCUT2D eigenvalue weighted by Gasteiger charge is -2.32. The SMILES string of the molecule is Cc1ccccc1CC(=O)NC1CCN(CCN)CC1. The van der Waals surface area contributed by atoms with Crippen molar-refractivity contribution in [2.45, 2.75) is 32.2 Å². The zero-order valence-corrected chi connectivity index (χ0v) is 12.3. The summed E-state index contributed by atoms with van der Waals surface area (Å²) in [7, 11) is 0. The Bertz CT molecular complexity index is 439. The highest BCUT2D eigenvalue weighted by molar-refractivity contribution is 5.79. The van der Waals surface area contributed by atoms with Gasteiger partial charge in [-0.05, 0) is 30.9 Å². The first-order chi connectivity index (χ1) is 9.69. The van der Waals surface area contributed by atoms with E-state index in [1.54, 1.807) is 0 Å². The lowest BCUT2D eigenvalue weighted by molar-refractivity contribution is -0.121. The van der Waals surface area contributed by atoms with E-state index >= 15 is 0 Å². The molecule has 0 radical (unpaired) electrons. The third-order valence-electron chi connectivity index (χ3n) is 4.01. The number of likely N-dealkylation sites (tertiary alicyclic amines) is 1. The molecule has 1 aliphatic heterocycles. The van der Waals surface area contributed by atoms with E-state index in [0.717, 1.165) is 38.0 Å². The normalized spacial score (nSPS) is 17.1. The molecule has 1 aromatic rings. The summed E-state index contributed by atoms with van der Waals surface area (Å²) in [6, 6.07) is 8.39. The Labute approximate surface area is 121 Å². The molecule has 1 aromatic carbocycles. The van der Waals surface area contributed by atoms with Gasteiger partial charge in [-0.3, -0.25) is 4.79 Å². The summed E-state index contributed by atoms with van der Waals surface area (Å²) < 4.78 is 0. The highest BCUT2D eigenvalue weighted by atomic mass is 16.1. The van der Waals surface area contributed by atoms with Gasteiger partial charge in [-0.25, -0.2) is 0 Å². The maximum atomic E-state index is 12.1. The van der Waals surface area contributed by atoms with E-state index in [2.05, 4.69) is 10.2 Å². The highest BCUT2D eigenvalue weighted by Gasteiger charge is 2.20. The van der Waals surface area contributed by atoms with Gasteiger partial charge in [0.05, 0.1) is 6.42 Å². The van der Waals surface area contributed by atoms with Crippen molar-refractivity contribution >= 4 is 5.91 Å². The number of carbonyl (C=O) groups excluding carboxylic acids is 1. The molecule has 110 valence electrons. The van der Waals surface area contributed by atoms with Crippen LogP contribution in [0.15, 0.2) is 24.3 Å². The number of nitrogens with two attached hydrogens (primary N) is 1. The van der Waals surface area contributed by atoms with Crippen LogP contribution in [0.1, 0.15) is 24.0 Å². The van der Waals surface area contributed by atoms with Gasteiger partial charge in [0.2, 0.25) is 5.91 Å². The van der Waals surface area contributed by atoms with Crippen LogP contribution < -0.4 is 11.1 Å². The second kappa shape index (κ2) is 7.41. The van der Waals surface area contributed by atoms with Gasteiger partial charge in [0.15, 0.2) is 0 Å². The molecule has 1 amide bonds. The molecule has 3 N–H and O–H groups in total. The molecule has 1 heterocycles. The number of nitrogens with zero attached hydrogens (tertiary/aromatic N) is 1. The van der Waals surface area contributed by atoms with Gasteiger partial charge in [-0.1, -0.05) is 24.3 Å². The van der Waals surface area contributed by atoms with Crippen LogP contribution in [0, 0.1) is 6.92 Å². The number of rotatable bonds is 5. The zero-order chi connectivity index (χ0) is 14.4. The first kappa shape index (κ1) is 15.0.